The molecule has 0 bridgehead atoms. The zero-order valence-electron chi connectivity index (χ0n) is 21.7. The van der Waals surface area contributed by atoms with Crippen molar-refractivity contribution >= 4 is 0 Å². The van der Waals surface area contributed by atoms with Gasteiger partial charge in [-0.15, -0.1) is 0 Å². The number of hydrogen-bond donors (Lipinski definition) is 3. The topological polar surface area (TPSA) is 107 Å². The number of ether oxygens (including phenoxy) is 5. The minimum atomic E-state index is -1.30. The lowest BCUT2D eigenvalue weighted by Crippen LogP contribution is -2.61. The Morgan fingerprint density at radius 3 is 1.90 bits per heavy atom. The van der Waals surface area contributed by atoms with Crippen LogP contribution in [0.4, 0.5) is 0 Å². The van der Waals surface area contributed by atoms with Crippen molar-refractivity contribution < 1.29 is 39.0 Å². The average Bonchev–Trinajstić information content (AvgIpc) is 3.31. The molecule has 3 aromatic rings. The fraction of sp³-hybridized carbons (Fsp3) is 0.419. The lowest BCUT2D eigenvalue weighted by Gasteiger charge is -2.43. The van der Waals surface area contributed by atoms with Crippen LogP contribution in [0.3, 0.4) is 0 Å². The maximum Gasteiger partial charge on any atom is 0.187 e. The molecule has 8 nitrogen and oxygen atoms in total. The highest BCUT2D eigenvalue weighted by atomic mass is 16.7. The fourth-order valence-corrected chi connectivity index (χ4v) is 4.98. The van der Waals surface area contributed by atoms with E-state index < -0.39 is 49.0 Å². The van der Waals surface area contributed by atoms with Crippen LogP contribution in [-0.4, -0.2) is 77.6 Å². The SMILES string of the molecule is O[C@H]1[C@H](O)[C@@H](COCc2ccccc2)O[C@H](O[C@H]2[C@@H](O)CO[C@@H]2Cc2ccccc2)[C@@H]1OCc1ccccc1. The first-order valence-electron chi connectivity index (χ1n) is 13.4. The summed E-state index contributed by atoms with van der Waals surface area (Å²) in [6.07, 6.45) is -6.97. The summed E-state index contributed by atoms with van der Waals surface area (Å²) in [7, 11) is 0. The zero-order chi connectivity index (χ0) is 27.0. The van der Waals surface area contributed by atoms with Crippen molar-refractivity contribution in [3.05, 3.63) is 108 Å². The molecule has 2 saturated heterocycles. The molecular formula is C31H36O8. The summed E-state index contributed by atoms with van der Waals surface area (Å²) in [5.41, 5.74) is 2.93. The van der Waals surface area contributed by atoms with E-state index in [9.17, 15) is 15.3 Å². The number of rotatable bonds is 11. The van der Waals surface area contributed by atoms with E-state index in [1.165, 1.54) is 0 Å². The summed E-state index contributed by atoms with van der Waals surface area (Å²) in [5, 5.41) is 32.8. The van der Waals surface area contributed by atoms with Gasteiger partial charge in [-0.2, -0.15) is 0 Å². The van der Waals surface area contributed by atoms with Gasteiger partial charge in [0.15, 0.2) is 6.29 Å². The monoisotopic (exact) mass is 536 g/mol. The third-order valence-electron chi connectivity index (χ3n) is 7.12. The lowest BCUT2D eigenvalue weighted by atomic mass is 9.98. The lowest BCUT2D eigenvalue weighted by molar-refractivity contribution is -0.328. The van der Waals surface area contributed by atoms with Gasteiger partial charge in [0.1, 0.15) is 36.6 Å². The Morgan fingerprint density at radius 2 is 1.26 bits per heavy atom. The van der Waals surface area contributed by atoms with E-state index in [0.29, 0.717) is 13.0 Å². The highest BCUT2D eigenvalue weighted by Gasteiger charge is 2.49. The first kappa shape index (κ1) is 27.9. The molecule has 3 aromatic carbocycles. The molecule has 2 aliphatic rings. The largest absolute Gasteiger partial charge is 0.388 e. The molecular weight excluding hydrogens is 500 g/mol. The molecule has 0 aliphatic carbocycles. The van der Waals surface area contributed by atoms with Crippen LogP contribution >= 0.6 is 0 Å². The smallest absolute Gasteiger partial charge is 0.187 e. The van der Waals surface area contributed by atoms with E-state index in [4.69, 9.17) is 23.7 Å². The summed E-state index contributed by atoms with van der Waals surface area (Å²) < 4.78 is 30.2. The van der Waals surface area contributed by atoms with Gasteiger partial charge in [-0.25, -0.2) is 0 Å². The average molecular weight is 537 g/mol. The Labute approximate surface area is 228 Å². The third-order valence-corrected chi connectivity index (χ3v) is 7.12. The predicted octanol–water partition coefficient (Wildman–Crippen LogP) is 2.62. The van der Waals surface area contributed by atoms with Crippen LogP contribution < -0.4 is 0 Å². The standard InChI is InChI=1S/C31H36O8/c32-24-19-36-25(16-21-10-4-1-5-11-21)29(24)39-31-30(37-18-23-14-8-3-9-15-23)28(34)27(33)26(38-31)20-35-17-22-12-6-2-7-13-22/h1-15,24-34H,16-20H2/t24-,25+,26+,27+,28-,29-,30+,31+/m0/s1. The molecule has 208 valence electrons. The fourth-order valence-electron chi connectivity index (χ4n) is 4.98. The van der Waals surface area contributed by atoms with Gasteiger partial charge in [-0.3, -0.25) is 0 Å². The summed E-state index contributed by atoms with van der Waals surface area (Å²) in [5.74, 6) is 0. The molecule has 2 heterocycles. The van der Waals surface area contributed by atoms with Crippen molar-refractivity contribution in [2.45, 2.75) is 68.7 Å². The van der Waals surface area contributed by atoms with Crippen LogP contribution in [0.2, 0.25) is 0 Å². The second kappa shape index (κ2) is 13.6. The van der Waals surface area contributed by atoms with E-state index >= 15 is 0 Å². The molecule has 5 rings (SSSR count). The number of aliphatic hydroxyl groups excluding tert-OH is 3. The molecule has 8 atom stereocenters. The van der Waals surface area contributed by atoms with Crippen LogP contribution in [0.5, 0.6) is 0 Å². The van der Waals surface area contributed by atoms with Gasteiger partial charge in [0, 0.05) is 6.42 Å². The van der Waals surface area contributed by atoms with Gasteiger partial charge in [0.2, 0.25) is 0 Å². The molecule has 0 radical (unpaired) electrons. The molecule has 0 amide bonds. The minimum Gasteiger partial charge on any atom is -0.388 e. The summed E-state index contributed by atoms with van der Waals surface area (Å²) >= 11 is 0. The first-order valence-corrected chi connectivity index (χ1v) is 13.4. The highest BCUT2D eigenvalue weighted by Crippen LogP contribution is 2.30. The molecule has 0 spiro atoms. The van der Waals surface area contributed by atoms with Crippen LogP contribution in [-0.2, 0) is 43.3 Å². The third kappa shape index (κ3) is 7.30. The van der Waals surface area contributed by atoms with Crippen LogP contribution in [0.25, 0.3) is 0 Å². The summed E-state index contributed by atoms with van der Waals surface area (Å²) in [6.45, 7) is 0.677. The van der Waals surface area contributed by atoms with Gasteiger partial charge in [0.25, 0.3) is 0 Å². The van der Waals surface area contributed by atoms with Gasteiger partial charge in [0.05, 0.1) is 32.5 Å². The van der Waals surface area contributed by atoms with E-state index in [1.807, 2.05) is 91.0 Å². The van der Waals surface area contributed by atoms with Gasteiger partial charge < -0.3 is 39.0 Å². The summed E-state index contributed by atoms with van der Waals surface area (Å²) in [4.78, 5) is 0. The molecule has 0 aromatic heterocycles. The molecule has 2 aliphatic heterocycles. The molecule has 0 unspecified atom stereocenters. The Bertz CT molecular complexity index is 1110. The van der Waals surface area contributed by atoms with Gasteiger partial charge in [-0.1, -0.05) is 91.0 Å². The number of aliphatic hydroxyl groups is 3. The van der Waals surface area contributed by atoms with Crippen molar-refractivity contribution in [3.63, 3.8) is 0 Å². The van der Waals surface area contributed by atoms with E-state index in [0.717, 1.165) is 16.7 Å². The zero-order valence-corrected chi connectivity index (χ0v) is 21.7. The predicted molar refractivity (Wildman–Crippen MR) is 143 cm³/mol. The maximum absolute atomic E-state index is 11.1. The van der Waals surface area contributed by atoms with Crippen molar-refractivity contribution in [2.24, 2.45) is 0 Å². The number of benzene rings is 3. The Morgan fingerprint density at radius 1 is 0.667 bits per heavy atom. The minimum absolute atomic E-state index is 0.0373. The molecule has 3 N–H and O–H groups in total. The van der Waals surface area contributed by atoms with Crippen LogP contribution in [0.1, 0.15) is 16.7 Å². The van der Waals surface area contributed by atoms with Crippen LogP contribution in [0.15, 0.2) is 91.0 Å². The van der Waals surface area contributed by atoms with Crippen molar-refractivity contribution in [1.29, 1.82) is 0 Å². The molecule has 39 heavy (non-hydrogen) atoms. The Kier molecular flexibility index (Phi) is 9.73. The highest BCUT2D eigenvalue weighted by molar-refractivity contribution is 5.17. The number of hydrogen-bond acceptors (Lipinski definition) is 8. The van der Waals surface area contributed by atoms with Crippen LogP contribution in [0, 0.1) is 0 Å². The first-order chi connectivity index (χ1) is 19.1. The Hall–Kier alpha value is -2.66. The van der Waals surface area contributed by atoms with E-state index in [-0.39, 0.29) is 19.8 Å². The quantitative estimate of drug-likeness (QED) is 0.344. The molecule has 8 heteroatoms. The van der Waals surface area contributed by atoms with E-state index in [2.05, 4.69) is 0 Å². The Balaban J connectivity index is 1.29. The second-order valence-corrected chi connectivity index (χ2v) is 10.0. The molecule has 0 saturated carbocycles. The van der Waals surface area contributed by atoms with E-state index in [1.54, 1.807) is 0 Å². The second-order valence-electron chi connectivity index (χ2n) is 10.0. The maximum atomic E-state index is 11.1. The van der Waals surface area contributed by atoms with Crippen molar-refractivity contribution in [3.8, 4) is 0 Å². The molecule has 2 fully saturated rings. The van der Waals surface area contributed by atoms with Crippen molar-refractivity contribution in [2.75, 3.05) is 13.2 Å². The van der Waals surface area contributed by atoms with Crippen molar-refractivity contribution in [1.82, 2.24) is 0 Å². The van der Waals surface area contributed by atoms with Gasteiger partial charge >= 0.3 is 0 Å². The normalized spacial score (nSPS) is 30.8. The summed E-state index contributed by atoms with van der Waals surface area (Å²) in [6, 6.07) is 29.0. The van der Waals surface area contributed by atoms with Gasteiger partial charge in [-0.05, 0) is 16.7 Å².